The van der Waals surface area contributed by atoms with Crippen molar-refractivity contribution in [3.8, 4) is 0 Å². The first-order chi connectivity index (χ1) is 14.4. The average molecular weight is 407 g/mol. The minimum atomic E-state index is -0.0962. The molecule has 0 N–H and O–H groups in total. The summed E-state index contributed by atoms with van der Waals surface area (Å²) in [6, 6.07) is 17.9. The van der Waals surface area contributed by atoms with Crippen molar-refractivity contribution in [3.05, 3.63) is 60.2 Å². The Bertz CT molecular complexity index is 880. The molecule has 0 saturated heterocycles. The van der Waals surface area contributed by atoms with Gasteiger partial charge in [0.05, 0.1) is 6.04 Å². The molecule has 3 rings (SSSR count). The van der Waals surface area contributed by atoms with Crippen LogP contribution in [0, 0.1) is 11.8 Å². The van der Waals surface area contributed by atoms with Gasteiger partial charge in [-0.1, -0.05) is 64.1 Å². The van der Waals surface area contributed by atoms with Gasteiger partial charge in [-0.15, -0.1) is 0 Å². The number of amides is 2. The van der Waals surface area contributed by atoms with Crippen LogP contribution >= 0.6 is 0 Å². The Morgan fingerprint density at radius 1 is 0.967 bits per heavy atom. The van der Waals surface area contributed by atoms with Crippen molar-refractivity contribution < 1.29 is 9.59 Å². The molecular weight excluding hydrogens is 372 g/mol. The number of carbonyl (C=O) groups is 2. The largest absolute Gasteiger partial charge is 0.309 e. The number of rotatable bonds is 6. The highest BCUT2D eigenvalue weighted by Crippen LogP contribution is 2.43. The number of anilines is 2. The number of benzene rings is 2. The zero-order valence-corrected chi connectivity index (χ0v) is 18.8. The fourth-order valence-electron chi connectivity index (χ4n) is 4.24. The standard InChI is InChI=1S/C26H34N2O2/c1-6-18(3)25(29)27-20(5)17-24(22-15-11-12-16-23(22)27)28(26(30)19(4)7-2)21-13-9-8-10-14-21/h8-16,18-20,24H,6-7,17H2,1-5H3. The topological polar surface area (TPSA) is 40.6 Å². The summed E-state index contributed by atoms with van der Waals surface area (Å²) in [6.45, 7) is 10.2. The van der Waals surface area contributed by atoms with Crippen LogP contribution in [0.15, 0.2) is 54.6 Å². The van der Waals surface area contributed by atoms with Crippen molar-refractivity contribution in [1.29, 1.82) is 0 Å². The number of hydrogen-bond donors (Lipinski definition) is 0. The van der Waals surface area contributed by atoms with Gasteiger partial charge >= 0.3 is 0 Å². The minimum absolute atomic E-state index is 0.0161. The maximum atomic E-state index is 13.5. The Hall–Kier alpha value is -2.62. The van der Waals surface area contributed by atoms with Gasteiger partial charge in [0.2, 0.25) is 11.8 Å². The molecule has 2 aromatic rings. The lowest BCUT2D eigenvalue weighted by molar-refractivity contribution is -0.122. The molecule has 2 aromatic carbocycles. The Labute approximate surface area is 180 Å². The number of para-hydroxylation sites is 2. The van der Waals surface area contributed by atoms with Crippen LogP contribution in [0.4, 0.5) is 11.4 Å². The van der Waals surface area contributed by atoms with E-state index in [-0.39, 0.29) is 35.7 Å². The van der Waals surface area contributed by atoms with Crippen molar-refractivity contribution in [1.82, 2.24) is 0 Å². The Morgan fingerprint density at radius 2 is 1.57 bits per heavy atom. The smallest absolute Gasteiger partial charge is 0.230 e. The summed E-state index contributed by atoms with van der Waals surface area (Å²) in [4.78, 5) is 30.6. The maximum Gasteiger partial charge on any atom is 0.230 e. The van der Waals surface area contributed by atoms with E-state index in [0.717, 1.165) is 36.2 Å². The summed E-state index contributed by atoms with van der Waals surface area (Å²) >= 11 is 0. The minimum Gasteiger partial charge on any atom is -0.309 e. The quantitative estimate of drug-likeness (QED) is 0.592. The van der Waals surface area contributed by atoms with Gasteiger partial charge in [-0.05, 0) is 49.9 Å². The highest BCUT2D eigenvalue weighted by atomic mass is 16.2. The van der Waals surface area contributed by atoms with Gasteiger partial charge in [0.25, 0.3) is 0 Å². The molecule has 4 atom stereocenters. The fraction of sp³-hybridized carbons (Fsp3) is 0.462. The maximum absolute atomic E-state index is 13.5. The Balaban J connectivity index is 2.11. The van der Waals surface area contributed by atoms with Crippen molar-refractivity contribution in [2.24, 2.45) is 11.8 Å². The number of hydrogen-bond acceptors (Lipinski definition) is 2. The molecule has 1 heterocycles. The molecule has 0 fully saturated rings. The summed E-state index contributed by atoms with van der Waals surface area (Å²) in [5, 5.41) is 0. The highest BCUT2D eigenvalue weighted by Gasteiger charge is 2.39. The van der Waals surface area contributed by atoms with E-state index < -0.39 is 0 Å². The lowest BCUT2D eigenvalue weighted by Crippen LogP contribution is -2.49. The van der Waals surface area contributed by atoms with Crippen LogP contribution in [-0.4, -0.2) is 17.9 Å². The lowest BCUT2D eigenvalue weighted by Gasteiger charge is -2.44. The van der Waals surface area contributed by atoms with Gasteiger partial charge in [-0.3, -0.25) is 9.59 Å². The SMILES string of the molecule is CCC(C)C(=O)N1c2ccccc2C(N(C(=O)C(C)CC)c2ccccc2)CC1C. The molecule has 1 aliphatic heterocycles. The molecule has 1 aliphatic rings. The van der Waals surface area contributed by atoms with E-state index in [0.29, 0.717) is 0 Å². The molecule has 4 nitrogen and oxygen atoms in total. The first-order valence-corrected chi connectivity index (χ1v) is 11.2. The van der Waals surface area contributed by atoms with Crippen LogP contribution in [0.2, 0.25) is 0 Å². The van der Waals surface area contributed by atoms with Gasteiger partial charge < -0.3 is 9.80 Å². The second kappa shape index (κ2) is 9.46. The molecule has 0 bridgehead atoms. The van der Waals surface area contributed by atoms with Crippen LogP contribution in [0.25, 0.3) is 0 Å². The molecule has 4 unspecified atom stereocenters. The zero-order chi connectivity index (χ0) is 21.8. The third kappa shape index (κ3) is 4.14. The summed E-state index contributed by atoms with van der Waals surface area (Å²) in [5.74, 6) is 0.212. The normalized spacial score (nSPS) is 20.2. The summed E-state index contributed by atoms with van der Waals surface area (Å²) in [5.41, 5.74) is 2.90. The molecule has 0 radical (unpaired) electrons. The van der Waals surface area contributed by atoms with Gasteiger partial charge in [0.15, 0.2) is 0 Å². The highest BCUT2D eigenvalue weighted by molar-refractivity contribution is 5.99. The van der Waals surface area contributed by atoms with Crippen LogP contribution in [0.1, 0.15) is 65.5 Å². The molecule has 0 spiro atoms. The van der Waals surface area contributed by atoms with E-state index in [4.69, 9.17) is 0 Å². The predicted octanol–water partition coefficient (Wildman–Crippen LogP) is 5.98. The van der Waals surface area contributed by atoms with Crippen molar-refractivity contribution >= 4 is 23.2 Å². The average Bonchev–Trinajstić information content (AvgIpc) is 2.78. The van der Waals surface area contributed by atoms with Gasteiger partial charge in [0.1, 0.15) is 0 Å². The van der Waals surface area contributed by atoms with Gasteiger partial charge in [-0.25, -0.2) is 0 Å². The molecular formula is C26H34N2O2. The molecule has 0 aromatic heterocycles. The Kier molecular flexibility index (Phi) is 6.96. The van der Waals surface area contributed by atoms with E-state index in [1.165, 1.54) is 0 Å². The number of carbonyl (C=O) groups excluding carboxylic acids is 2. The molecule has 2 amide bonds. The van der Waals surface area contributed by atoms with Gasteiger partial charge in [-0.2, -0.15) is 0 Å². The van der Waals surface area contributed by atoms with Crippen LogP contribution in [0.3, 0.4) is 0 Å². The van der Waals surface area contributed by atoms with E-state index >= 15 is 0 Å². The number of fused-ring (bicyclic) bond motifs is 1. The third-order valence-electron chi connectivity index (χ3n) is 6.45. The van der Waals surface area contributed by atoms with E-state index in [1.807, 2.05) is 79.1 Å². The zero-order valence-electron chi connectivity index (χ0n) is 18.8. The van der Waals surface area contributed by atoms with Crippen LogP contribution in [0.5, 0.6) is 0 Å². The first-order valence-electron chi connectivity index (χ1n) is 11.2. The Morgan fingerprint density at radius 3 is 2.20 bits per heavy atom. The molecule has 0 aliphatic carbocycles. The molecule has 160 valence electrons. The van der Waals surface area contributed by atoms with Crippen molar-refractivity contribution in [3.63, 3.8) is 0 Å². The van der Waals surface area contributed by atoms with E-state index in [2.05, 4.69) is 19.9 Å². The predicted molar refractivity (Wildman–Crippen MR) is 124 cm³/mol. The molecule has 30 heavy (non-hydrogen) atoms. The lowest BCUT2D eigenvalue weighted by atomic mass is 9.88. The number of nitrogens with zero attached hydrogens (tertiary/aromatic N) is 2. The first kappa shape index (κ1) is 22.1. The molecule has 4 heteroatoms. The van der Waals surface area contributed by atoms with Crippen molar-refractivity contribution in [2.75, 3.05) is 9.80 Å². The summed E-state index contributed by atoms with van der Waals surface area (Å²) in [7, 11) is 0. The molecule has 0 saturated carbocycles. The van der Waals surface area contributed by atoms with Crippen molar-refractivity contribution in [2.45, 2.75) is 66.0 Å². The van der Waals surface area contributed by atoms with E-state index in [1.54, 1.807) is 0 Å². The monoisotopic (exact) mass is 406 g/mol. The summed E-state index contributed by atoms with van der Waals surface area (Å²) < 4.78 is 0. The fourth-order valence-corrected chi connectivity index (χ4v) is 4.24. The van der Waals surface area contributed by atoms with Crippen LogP contribution < -0.4 is 9.80 Å². The van der Waals surface area contributed by atoms with E-state index in [9.17, 15) is 9.59 Å². The second-order valence-electron chi connectivity index (χ2n) is 8.53. The van der Waals surface area contributed by atoms with Crippen LogP contribution in [-0.2, 0) is 9.59 Å². The second-order valence-corrected chi connectivity index (χ2v) is 8.53. The third-order valence-corrected chi connectivity index (χ3v) is 6.45. The van der Waals surface area contributed by atoms with Gasteiger partial charge in [0, 0.05) is 29.3 Å². The summed E-state index contributed by atoms with van der Waals surface area (Å²) in [6.07, 6.45) is 2.33.